The zero-order valence-electron chi connectivity index (χ0n) is 17.5. The first-order chi connectivity index (χ1) is 15.0. The molecule has 10 heteroatoms. The largest absolute Gasteiger partial charge is 0.493 e. The molecule has 1 aromatic carbocycles. The maximum atomic E-state index is 12.1. The SMILES string of the molecule is COc1ccc(CCNC(=O)CSc2nc(CC(=O)NC3CC3)cc(=O)[nH]2)cc1OC. The third kappa shape index (κ3) is 7.32. The van der Waals surface area contributed by atoms with Crippen LogP contribution in [0.15, 0.2) is 34.2 Å². The van der Waals surface area contributed by atoms with Crippen LogP contribution in [0.4, 0.5) is 0 Å². The third-order valence-corrected chi connectivity index (χ3v) is 5.45. The lowest BCUT2D eigenvalue weighted by Gasteiger charge is -2.10. The fourth-order valence-corrected chi connectivity index (χ4v) is 3.61. The highest BCUT2D eigenvalue weighted by Crippen LogP contribution is 2.27. The first-order valence-corrected chi connectivity index (χ1v) is 11.0. The summed E-state index contributed by atoms with van der Waals surface area (Å²) in [4.78, 5) is 42.8. The molecule has 0 bridgehead atoms. The minimum absolute atomic E-state index is 0.0471. The van der Waals surface area contributed by atoms with Crippen LogP contribution in [0.25, 0.3) is 0 Å². The van der Waals surface area contributed by atoms with E-state index in [2.05, 4.69) is 20.6 Å². The molecule has 1 heterocycles. The Morgan fingerprint density at radius 3 is 2.65 bits per heavy atom. The molecule has 166 valence electrons. The van der Waals surface area contributed by atoms with Gasteiger partial charge in [0.25, 0.3) is 5.56 Å². The van der Waals surface area contributed by atoms with Gasteiger partial charge in [-0.3, -0.25) is 14.4 Å². The van der Waals surface area contributed by atoms with Crippen molar-refractivity contribution in [1.29, 1.82) is 0 Å². The van der Waals surface area contributed by atoms with Crippen LogP contribution in [0, 0.1) is 0 Å². The number of carbonyl (C=O) groups is 2. The van der Waals surface area contributed by atoms with Crippen molar-refractivity contribution in [3.63, 3.8) is 0 Å². The normalized spacial score (nSPS) is 12.8. The summed E-state index contributed by atoms with van der Waals surface area (Å²) in [5.41, 5.74) is 1.05. The van der Waals surface area contributed by atoms with Gasteiger partial charge in [-0.2, -0.15) is 0 Å². The van der Waals surface area contributed by atoms with Crippen molar-refractivity contribution in [1.82, 2.24) is 20.6 Å². The number of hydrogen-bond acceptors (Lipinski definition) is 7. The summed E-state index contributed by atoms with van der Waals surface area (Å²) >= 11 is 1.12. The van der Waals surface area contributed by atoms with E-state index in [-0.39, 0.29) is 35.6 Å². The van der Waals surface area contributed by atoms with Crippen molar-refractivity contribution in [2.24, 2.45) is 0 Å². The maximum Gasteiger partial charge on any atom is 0.251 e. The monoisotopic (exact) mass is 446 g/mol. The zero-order valence-corrected chi connectivity index (χ0v) is 18.3. The van der Waals surface area contributed by atoms with Crippen LogP contribution in [0.2, 0.25) is 0 Å². The smallest absolute Gasteiger partial charge is 0.251 e. The number of hydrogen-bond donors (Lipinski definition) is 3. The van der Waals surface area contributed by atoms with Crippen molar-refractivity contribution in [2.75, 3.05) is 26.5 Å². The number of aromatic amines is 1. The topological polar surface area (TPSA) is 122 Å². The molecular formula is C21H26N4O5S. The van der Waals surface area contributed by atoms with Crippen molar-refractivity contribution in [3.8, 4) is 11.5 Å². The predicted octanol–water partition coefficient (Wildman–Crippen LogP) is 1.06. The standard InChI is InChI=1S/C21H26N4O5S/c1-29-16-6-3-13(9-17(16)30-2)7-8-22-20(28)12-31-21-24-15(11-19(27)25-21)10-18(26)23-14-4-5-14/h3,6,9,11,14H,4-5,7-8,10,12H2,1-2H3,(H,22,28)(H,23,26)(H,24,25,27). The number of aromatic nitrogens is 2. The Labute approximate surface area is 184 Å². The van der Waals surface area contributed by atoms with Gasteiger partial charge in [0, 0.05) is 18.7 Å². The van der Waals surface area contributed by atoms with Gasteiger partial charge >= 0.3 is 0 Å². The lowest BCUT2D eigenvalue weighted by Crippen LogP contribution is -2.28. The van der Waals surface area contributed by atoms with E-state index in [4.69, 9.17) is 9.47 Å². The molecule has 0 aliphatic heterocycles. The third-order valence-electron chi connectivity index (χ3n) is 4.58. The Balaban J connectivity index is 1.44. The zero-order chi connectivity index (χ0) is 22.2. The van der Waals surface area contributed by atoms with Crippen molar-refractivity contribution >= 4 is 23.6 Å². The minimum Gasteiger partial charge on any atom is -0.493 e. The van der Waals surface area contributed by atoms with Crippen molar-refractivity contribution in [3.05, 3.63) is 45.9 Å². The fourth-order valence-electron chi connectivity index (χ4n) is 2.88. The fraction of sp³-hybridized carbons (Fsp3) is 0.429. The molecule has 1 aliphatic carbocycles. The molecule has 9 nitrogen and oxygen atoms in total. The van der Waals surface area contributed by atoms with E-state index in [1.54, 1.807) is 14.2 Å². The van der Waals surface area contributed by atoms with Crippen LogP contribution >= 0.6 is 11.8 Å². The molecule has 0 unspecified atom stereocenters. The van der Waals surface area contributed by atoms with E-state index in [9.17, 15) is 14.4 Å². The van der Waals surface area contributed by atoms with Gasteiger partial charge < -0.3 is 25.1 Å². The Bertz CT molecular complexity index is 990. The quantitative estimate of drug-likeness (QED) is 0.348. The predicted molar refractivity (Wildman–Crippen MR) is 117 cm³/mol. The number of nitrogens with one attached hydrogen (secondary N) is 3. The molecule has 0 saturated heterocycles. The first kappa shape index (κ1) is 22.7. The molecule has 1 aromatic heterocycles. The summed E-state index contributed by atoms with van der Waals surface area (Å²) in [5.74, 6) is 1.07. The lowest BCUT2D eigenvalue weighted by atomic mass is 10.1. The van der Waals surface area contributed by atoms with E-state index in [1.165, 1.54) is 6.07 Å². The highest BCUT2D eigenvalue weighted by atomic mass is 32.2. The Kier molecular flexibility index (Phi) is 7.94. The number of rotatable bonds is 11. The van der Waals surface area contributed by atoms with Gasteiger partial charge in [-0.15, -0.1) is 0 Å². The average molecular weight is 447 g/mol. The van der Waals surface area contributed by atoms with Crippen LogP contribution < -0.4 is 25.7 Å². The van der Waals surface area contributed by atoms with E-state index < -0.39 is 0 Å². The number of methoxy groups -OCH3 is 2. The van der Waals surface area contributed by atoms with Crippen LogP contribution in [-0.4, -0.2) is 54.3 Å². The second kappa shape index (κ2) is 10.9. The molecule has 2 amide bonds. The molecule has 3 rings (SSSR count). The van der Waals surface area contributed by atoms with Gasteiger partial charge in [-0.1, -0.05) is 17.8 Å². The lowest BCUT2D eigenvalue weighted by molar-refractivity contribution is -0.120. The highest BCUT2D eigenvalue weighted by Gasteiger charge is 2.23. The number of thioether (sulfide) groups is 1. The summed E-state index contributed by atoms with van der Waals surface area (Å²) in [6, 6.07) is 7.18. The van der Waals surface area contributed by atoms with Crippen LogP contribution in [0.3, 0.4) is 0 Å². The number of carbonyl (C=O) groups excluding carboxylic acids is 2. The number of ether oxygens (including phenoxy) is 2. The summed E-state index contributed by atoms with van der Waals surface area (Å²) in [6.45, 7) is 0.459. The average Bonchev–Trinajstić information content (AvgIpc) is 3.55. The van der Waals surface area contributed by atoms with Crippen molar-refractivity contribution < 1.29 is 19.1 Å². The van der Waals surface area contributed by atoms with Crippen LogP contribution in [0.5, 0.6) is 11.5 Å². The second-order valence-electron chi connectivity index (χ2n) is 7.14. The molecule has 0 radical (unpaired) electrons. The van der Waals surface area contributed by atoms with E-state index in [0.717, 1.165) is 30.2 Å². The Hall–Kier alpha value is -3.01. The van der Waals surface area contributed by atoms with Gasteiger partial charge in [-0.05, 0) is 37.0 Å². The molecule has 2 aromatic rings. The second-order valence-corrected chi connectivity index (χ2v) is 8.10. The van der Waals surface area contributed by atoms with Gasteiger partial charge in [-0.25, -0.2) is 4.98 Å². The van der Waals surface area contributed by atoms with Crippen LogP contribution in [0.1, 0.15) is 24.1 Å². The molecule has 1 aliphatic rings. The van der Waals surface area contributed by atoms with E-state index in [1.807, 2.05) is 18.2 Å². The van der Waals surface area contributed by atoms with Crippen molar-refractivity contribution in [2.45, 2.75) is 36.9 Å². The minimum atomic E-state index is -0.347. The Morgan fingerprint density at radius 1 is 1.16 bits per heavy atom. The molecular weight excluding hydrogens is 420 g/mol. The highest BCUT2D eigenvalue weighted by molar-refractivity contribution is 7.99. The number of H-pyrrole nitrogens is 1. The van der Waals surface area contributed by atoms with Gasteiger partial charge in [0.2, 0.25) is 11.8 Å². The van der Waals surface area contributed by atoms with Gasteiger partial charge in [0.15, 0.2) is 16.7 Å². The van der Waals surface area contributed by atoms with Gasteiger partial charge in [0.1, 0.15) is 0 Å². The summed E-state index contributed by atoms with van der Waals surface area (Å²) in [7, 11) is 3.16. The van der Waals surface area contributed by atoms with E-state index >= 15 is 0 Å². The molecule has 1 fully saturated rings. The van der Waals surface area contributed by atoms with E-state index in [0.29, 0.717) is 35.3 Å². The number of amides is 2. The number of nitrogens with zero attached hydrogens (tertiary/aromatic N) is 1. The maximum absolute atomic E-state index is 12.1. The summed E-state index contributed by atoms with van der Waals surface area (Å²) in [5, 5.41) is 6.02. The molecule has 0 atom stereocenters. The molecule has 1 saturated carbocycles. The number of benzene rings is 1. The first-order valence-electron chi connectivity index (χ1n) is 9.97. The van der Waals surface area contributed by atoms with Gasteiger partial charge in [0.05, 0.1) is 32.1 Å². The summed E-state index contributed by atoms with van der Waals surface area (Å²) < 4.78 is 10.5. The molecule has 3 N–H and O–H groups in total. The molecule has 31 heavy (non-hydrogen) atoms. The Morgan fingerprint density at radius 2 is 1.94 bits per heavy atom. The summed E-state index contributed by atoms with van der Waals surface area (Å²) in [6.07, 6.45) is 2.68. The van der Waals surface area contributed by atoms with Crippen LogP contribution in [-0.2, 0) is 22.4 Å². The molecule has 0 spiro atoms.